The molecule has 0 spiro atoms. The molecule has 19 heavy (non-hydrogen) atoms. The smallest absolute Gasteiger partial charge is 0.175 e. The maximum atomic E-state index is 12.0. The van der Waals surface area contributed by atoms with Gasteiger partial charge in [-0.2, -0.15) is 5.10 Å². The number of carbonyl (C=O) groups is 1. The Bertz CT molecular complexity index is 700. The van der Waals surface area contributed by atoms with Crippen LogP contribution in [0, 0.1) is 0 Å². The molecule has 2 rings (SSSR count). The van der Waals surface area contributed by atoms with Gasteiger partial charge in [-0.25, -0.2) is 8.42 Å². The molecule has 0 unspecified atom stereocenters. The molecule has 0 amide bonds. The van der Waals surface area contributed by atoms with Crippen LogP contribution in [0.2, 0.25) is 0 Å². The van der Waals surface area contributed by atoms with Crippen molar-refractivity contribution in [2.75, 3.05) is 6.26 Å². The fourth-order valence-electron chi connectivity index (χ4n) is 1.74. The predicted octanol–water partition coefficient (Wildman–Crippen LogP) is 1.25. The molecular weight excluding hydrogens is 264 g/mol. The Labute approximate surface area is 111 Å². The number of benzene rings is 1. The topological polar surface area (TPSA) is 69.0 Å². The second kappa shape index (κ2) is 4.97. The van der Waals surface area contributed by atoms with E-state index < -0.39 is 9.84 Å². The van der Waals surface area contributed by atoms with E-state index in [1.54, 1.807) is 24.1 Å². The quantitative estimate of drug-likeness (QED) is 0.789. The Kier molecular flexibility index (Phi) is 3.53. The van der Waals surface area contributed by atoms with E-state index in [2.05, 4.69) is 5.10 Å². The standard InChI is InChI=1S/C13H14N2O3S/c1-15-9-10(8-14-15)7-13(16)11-3-5-12(6-4-11)19(2,17)18/h3-6,8-9H,7H2,1-2H3. The van der Waals surface area contributed by atoms with Crippen molar-refractivity contribution in [1.29, 1.82) is 0 Å². The molecule has 5 nitrogen and oxygen atoms in total. The largest absolute Gasteiger partial charge is 0.294 e. The summed E-state index contributed by atoms with van der Waals surface area (Å²) in [6.45, 7) is 0. The summed E-state index contributed by atoms with van der Waals surface area (Å²) in [4.78, 5) is 12.2. The summed E-state index contributed by atoms with van der Waals surface area (Å²) >= 11 is 0. The Morgan fingerprint density at radius 1 is 1.26 bits per heavy atom. The van der Waals surface area contributed by atoms with Gasteiger partial charge in [0.05, 0.1) is 11.1 Å². The number of hydrogen-bond acceptors (Lipinski definition) is 4. The average molecular weight is 278 g/mol. The molecule has 6 heteroatoms. The Morgan fingerprint density at radius 3 is 2.37 bits per heavy atom. The monoisotopic (exact) mass is 278 g/mol. The molecule has 0 atom stereocenters. The van der Waals surface area contributed by atoms with Gasteiger partial charge in [0, 0.05) is 31.5 Å². The highest BCUT2D eigenvalue weighted by Gasteiger charge is 2.11. The molecule has 0 saturated heterocycles. The normalized spacial score (nSPS) is 11.5. The van der Waals surface area contributed by atoms with Gasteiger partial charge in [-0.15, -0.1) is 0 Å². The maximum Gasteiger partial charge on any atom is 0.175 e. The first-order valence-electron chi connectivity index (χ1n) is 5.67. The molecule has 0 aliphatic heterocycles. The van der Waals surface area contributed by atoms with Crippen molar-refractivity contribution in [3.05, 3.63) is 47.8 Å². The molecule has 0 fully saturated rings. The zero-order valence-electron chi connectivity index (χ0n) is 10.7. The van der Waals surface area contributed by atoms with Crippen LogP contribution in [-0.2, 0) is 23.3 Å². The van der Waals surface area contributed by atoms with Crippen LogP contribution in [0.15, 0.2) is 41.6 Å². The maximum absolute atomic E-state index is 12.0. The van der Waals surface area contributed by atoms with Crippen molar-refractivity contribution in [1.82, 2.24) is 9.78 Å². The van der Waals surface area contributed by atoms with E-state index >= 15 is 0 Å². The molecule has 0 bridgehead atoms. The van der Waals surface area contributed by atoms with Crippen LogP contribution in [0.4, 0.5) is 0 Å². The lowest BCUT2D eigenvalue weighted by molar-refractivity contribution is 0.0993. The van der Waals surface area contributed by atoms with E-state index in [1.165, 1.54) is 24.3 Å². The number of ketones is 1. The highest BCUT2D eigenvalue weighted by molar-refractivity contribution is 7.90. The molecule has 0 aliphatic carbocycles. The number of Topliss-reactive ketones (excluding diaryl/α,β-unsaturated/α-hetero) is 1. The van der Waals surface area contributed by atoms with E-state index in [9.17, 15) is 13.2 Å². The second-order valence-electron chi connectivity index (χ2n) is 4.42. The first kappa shape index (κ1) is 13.5. The number of hydrogen-bond donors (Lipinski definition) is 0. The fraction of sp³-hybridized carbons (Fsp3) is 0.231. The number of nitrogens with zero attached hydrogens (tertiary/aromatic N) is 2. The van der Waals surface area contributed by atoms with E-state index in [1.807, 2.05) is 0 Å². The summed E-state index contributed by atoms with van der Waals surface area (Å²) in [5.41, 5.74) is 1.33. The summed E-state index contributed by atoms with van der Waals surface area (Å²) < 4.78 is 24.3. The van der Waals surface area contributed by atoms with Gasteiger partial charge in [0.25, 0.3) is 0 Å². The van der Waals surface area contributed by atoms with Gasteiger partial charge >= 0.3 is 0 Å². The highest BCUT2D eigenvalue weighted by atomic mass is 32.2. The lowest BCUT2D eigenvalue weighted by Gasteiger charge is -2.01. The van der Waals surface area contributed by atoms with Crippen molar-refractivity contribution in [3.8, 4) is 0 Å². The van der Waals surface area contributed by atoms with E-state index in [0.717, 1.165) is 11.8 Å². The van der Waals surface area contributed by atoms with Crippen LogP contribution in [0.25, 0.3) is 0 Å². The Hall–Kier alpha value is -1.95. The molecule has 100 valence electrons. The predicted molar refractivity (Wildman–Crippen MR) is 70.8 cm³/mol. The van der Waals surface area contributed by atoms with Crippen LogP contribution in [0.3, 0.4) is 0 Å². The molecule has 0 radical (unpaired) electrons. The molecule has 1 aromatic carbocycles. The summed E-state index contributed by atoms with van der Waals surface area (Å²) in [5, 5.41) is 3.99. The van der Waals surface area contributed by atoms with Crippen LogP contribution in [0.1, 0.15) is 15.9 Å². The van der Waals surface area contributed by atoms with Crippen molar-refractivity contribution >= 4 is 15.6 Å². The lowest BCUT2D eigenvalue weighted by Crippen LogP contribution is -2.04. The van der Waals surface area contributed by atoms with Crippen LogP contribution < -0.4 is 0 Å². The van der Waals surface area contributed by atoms with Crippen LogP contribution in [-0.4, -0.2) is 30.2 Å². The minimum atomic E-state index is -3.23. The number of carbonyl (C=O) groups excluding carboxylic acids is 1. The van der Waals surface area contributed by atoms with Gasteiger partial charge in [0.15, 0.2) is 15.6 Å². The summed E-state index contributed by atoms with van der Waals surface area (Å²) in [6, 6.07) is 5.97. The van der Waals surface area contributed by atoms with E-state index in [4.69, 9.17) is 0 Å². The Balaban J connectivity index is 2.16. The molecule has 2 aromatic rings. The van der Waals surface area contributed by atoms with Crippen molar-refractivity contribution in [3.63, 3.8) is 0 Å². The summed E-state index contributed by atoms with van der Waals surface area (Å²) in [6.07, 6.45) is 4.82. The molecule has 0 N–H and O–H groups in total. The van der Waals surface area contributed by atoms with Crippen LogP contribution >= 0.6 is 0 Å². The first-order valence-corrected chi connectivity index (χ1v) is 7.56. The minimum Gasteiger partial charge on any atom is -0.294 e. The zero-order valence-corrected chi connectivity index (χ0v) is 11.5. The summed E-state index contributed by atoms with van der Waals surface area (Å²) in [7, 11) is -1.44. The molecule has 1 heterocycles. The van der Waals surface area contributed by atoms with Gasteiger partial charge in [-0.3, -0.25) is 9.48 Å². The Morgan fingerprint density at radius 2 is 1.89 bits per heavy atom. The first-order chi connectivity index (χ1) is 8.86. The van der Waals surface area contributed by atoms with Gasteiger partial charge in [-0.1, -0.05) is 12.1 Å². The van der Waals surface area contributed by atoms with Crippen molar-refractivity contribution < 1.29 is 13.2 Å². The molecule has 1 aromatic heterocycles. The van der Waals surface area contributed by atoms with Gasteiger partial charge in [-0.05, 0) is 17.7 Å². The summed E-state index contributed by atoms with van der Waals surface area (Å²) in [5.74, 6) is -0.0620. The number of sulfone groups is 1. The third-order valence-corrected chi connectivity index (χ3v) is 3.86. The fourth-order valence-corrected chi connectivity index (χ4v) is 2.37. The van der Waals surface area contributed by atoms with Gasteiger partial charge < -0.3 is 0 Å². The van der Waals surface area contributed by atoms with Gasteiger partial charge in [0.2, 0.25) is 0 Å². The number of rotatable bonds is 4. The molecular formula is C13H14N2O3S. The third kappa shape index (κ3) is 3.29. The van der Waals surface area contributed by atoms with E-state index in [-0.39, 0.29) is 17.1 Å². The zero-order chi connectivity index (χ0) is 14.0. The number of aromatic nitrogens is 2. The van der Waals surface area contributed by atoms with Crippen LogP contribution in [0.5, 0.6) is 0 Å². The SMILES string of the molecule is Cn1cc(CC(=O)c2ccc(S(C)(=O)=O)cc2)cn1. The van der Waals surface area contributed by atoms with E-state index in [0.29, 0.717) is 5.56 Å². The highest BCUT2D eigenvalue weighted by Crippen LogP contribution is 2.12. The lowest BCUT2D eigenvalue weighted by atomic mass is 10.1. The van der Waals surface area contributed by atoms with Gasteiger partial charge in [0.1, 0.15) is 0 Å². The van der Waals surface area contributed by atoms with Crippen molar-refractivity contribution in [2.24, 2.45) is 7.05 Å². The van der Waals surface area contributed by atoms with Crippen molar-refractivity contribution in [2.45, 2.75) is 11.3 Å². The minimum absolute atomic E-state index is 0.0620. The second-order valence-corrected chi connectivity index (χ2v) is 6.43. The molecule has 0 aliphatic rings. The third-order valence-electron chi connectivity index (χ3n) is 2.73. The molecule has 0 saturated carbocycles. The average Bonchev–Trinajstić information content (AvgIpc) is 2.74. The number of aryl methyl sites for hydroxylation is 1.